The number of nitrogen functional groups attached to an aromatic ring is 1. The summed E-state index contributed by atoms with van der Waals surface area (Å²) in [4.78, 5) is 11.5. The van der Waals surface area contributed by atoms with E-state index in [1.165, 1.54) is 0 Å². The lowest BCUT2D eigenvalue weighted by molar-refractivity contribution is -0.122. The molecule has 0 fully saturated rings. The Kier molecular flexibility index (Phi) is 6.05. The van der Waals surface area contributed by atoms with E-state index in [2.05, 4.69) is 19.2 Å². The third-order valence-electron chi connectivity index (χ3n) is 2.83. The molecule has 1 unspecified atom stereocenters. The molecule has 1 aromatic carbocycles. The smallest absolute Gasteiger partial charge is 0.220 e. The van der Waals surface area contributed by atoms with Crippen LogP contribution < -0.4 is 15.8 Å². The molecule has 0 bridgehead atoms. The Morgan fingerprint density at radius 3 is 2.83 bits per heavy atom. The van der Waals surface area contributed by atoms with Gasteiger partial charge in [0.05, 0.1) is 12.2 Å². The van der Waals surface area contributed by atoms with Crippen molar-refractivity contribution in [2.45, 2.75) is 26.7 Å². The van der Waals surface area contributed by atoms with E-state index in [0.717, 1.165) is 6.42 Å². The highest BCUT2D eigenvalue weighted by atomic mass is 16.5. The van der Waals surface area contributed by atoms with Crippen molar-refractivity contribution in [3.05, 3.63) is 24.3 Å². The molecule has 4 heteroatoms. The molecule has 1 atom stereocenters. The van der Waals surface area contributed by atoms with Crippen LogP contribution in [0.1, 0.15) is 26.7 Å². The molecule has 0 aromatic heterocycles. The van der Waals surface area contributed by atoms with Gasteiger partial charge in [-0.2, -0.15) is 0 Å². The summed E-state index contributed by atoms with van der Waals surface area (Å²) >= 11 is 0. The van der Waals surface area contributed by atoms with Crippen molar-refractivity contribution in [1.82, 2.24) is 5.32 Å². The van der Waals surface area contributed by atoms with Crippen LogP contribution in [0.2, 0.25) is 0 Å². The van der Waals surface area contributed by atoms with Gasteiger partial charge in [-0.1, -0.05) is 32.4 Å². The zero-order chi connectivity index (χ0) is 13.4. The molecular weight excluding hydrogens is 228 g/mol. The van der Waals surface area contributed by atoms with Crippen LogP contribution in [0.4, 0.5) is 5.69 Å². The number of amides is 1. The normalized spacial score (nSPS) is 11.9. The van der Waals surface area contributed by atoms with Crippen molar-refractivity contribution in [3.8, 4) is 5.75 Å². The molecule has 0 saturated carbocycles. The maximum Gasteiger partial charge on any atom is 0.220 e. The van der Waals surface area contributed by atoms with Gasteiger partial charge in [-0.15, -0.1) is 0 Å². The fraction of sp³-hybridized carbons (Fsp3) is 0.500. The highest BCUT2D eigenvalue weighted by Crippen LogP contribution is 2.19. The first-order chi connectivity index (χ1) is 8.63. The number of nitrogens with two attached hydrogens (primary N) is 1. The second-order valence-electron chi connectivity index (χ2n) is 4.45. The predicted molar refractivity (Wildman–Crippen MR) is 73.4 cm³/mol. The van der Waals surface area contributed by atoms with Crippen molar-refractivity contribution in [2.24, 2.45) is 5.92 Å². The SMILES string of the molecule is CCC(C)CC(=O)NCCOc1ccccc1N. The average Bonchev–Trinajstić information content (AvgIpc) is 2.36. The van der Waals surface area contributed by atoms with Crippen LogP contribution in [-0.2, 0) is 4.79 Å². The topological polar surface area (TPSA) is 64.3 Å². The molecule has 100 valence electrons. The van der Waals surface area contributed by atoms with E-state index in [0.29, 0.717) is 36.9 Å². The summed E-state index contributed by atoms with van der Waals surface area (Å²) in [5, 5.41) is 2.83. The monoisotopic (exact) mass is 250 g/mol. The van der Waals surface area contributed by atoms with Crippen LogP contribution in [0.5, 0.6) is 5.75 Å². The molecule has 18 heavy (non-hydrogen) atoms. The lowest BCUT2D eigenvalue weighted by Crippen LogP contribution is -2.29. The Bertz CT molecular complexity index is 380. The second kappa shape index (κ2) is 7.58. The minimum atomic E-state index is 0.0778. The zero-order valence-corrected chi connectivity index (χ0v) is 11.1. The lowest BCUT2D eigenvalue weighted by Gasteiger charge is -2.11. The number of ether oxygens (including phenoxy) is 1. The van der Waals surface area contributed by atoms with Crippen molar-refractivity contribution >= 4 is 11.6 Å². The highest BCUT2D eigenvalue weighted by Gasteiger charge is 2.06. The van der Waals surface area contributed by atoms with E-state index < -0.39 is 0 Å². The first kappa shape index (κ1) is 14.4. The summed E-state index contributed by atoms with van der Waals surface area (Å²) in [5.41, 5.74) is 6.35. The summed E-state index contributed by atoms with van der Waals surface area (Å²) in [5.74, 6) is 1.17. The van der Waals surface area contributed by atoms with Gasteiger partial charge >= 0.3 is 0 Å². The van der Waals surface area contributed by atoms with Crippen molar-refractivity contribution in [2.75, 3.05) is 18.9 Å². The number of rotatable bonds is 7. The van der Waals surface area contributed by atoms with Gasteiger partial charge in [0, 0.05) is 6.42 Å². The van der Waals surface area contributed by atoms with E-state index in [1.807, 2.05) is 18.2 Å². The molecule has 0 heterocycles. The quantitative estimate of drug-likeness (QED) is 0.576. The summed E-state index contributed by atoms with van der Waals surface area (Å²) in [6.07, 6.45) is 1.59. The summed E-state index contributed by atoms with van der Waals surface area (Å²) in [6.45, 7) is 5.09. The third-order valence-corrected chi connectivity index (χ3v) is 2.83. The first-order valence-corrected chi connectivity index (χ1v) is 6.37. The molecule has 1 rings (SSSR count). The fourth-order valence-corrected chi connectivity index (χ4v) is 1.50. The zero-order valence-electron chi connectivity index (χ0n) is 11.1. The number of benzene rings is 1. The molecule has 0 radical (unpaired) electrons. The molecule has 0 aliphatic rings. The highest BCUT2D eigenvalue weighted by molar-refractivity contribution is 5.76. The number of hydrogen-bond acceptors (Lipinski definition) is 3. The number of anilines is 1. The third kappa shape index (κ3) is 5.08. The Balaban J connectivity index is 2.19. The van der Waals surface area contributed by atoms with E-state index in [-0.39, 0.29) is 5.91 Å². The molecule has 1 aromatic rings. The van der Waals surface area contributed by atoms with Gasteiger partial charge < -0.3 is 15.8 Å². The molecule has 1 amide bonds. The van der Waals surface area contributed by atoms with Gasteiger partial charge in [0.1, 0.15) is 12.4 Å². The summed E-state index contributed by atoms with van der Waals surface area (Å²) in [7, 11) is 0. The average molecular weight is 250 g/mol. The van der Waals surface area contributed by atoms with Gasteiger partial charge in [0.15, 0.2) is 0 Å². The van der Waals surface area contributed by atoms with Gasteiger partial charge in [-0.25, -0.2) is 0 Å². The molecule has 3 N–H and O–H groups in total. The minimum absolute atomic E-state index is 0.0778. The Hall–Kier alpha value is -1.71. The van der Waals surface area contributed by atoms with Crippen LogP contribution >= 0.6 is 0 Å². The Morgan fingerprint density at radius 2 is 2.17 bits per heavy atom. The summed E-state index contributed by atoms with van der Waals surface area (Å²) < 4.78 is 5.48. The van der Waals surface area contributed by atoms with Gasteiger partial charge in [0.2, 0.25) is 5.91 Å². The number of para-hydroxylation sites is 2. The molecule has 0 saturated heterocycles. The number of carbonyl (C=O) groups is 1. The molecule has 0 spiro atoms. The number of carbonyl (C=O) groups excluding carboxylic acids is 1. The first-order valence-electron chi connectivity index (χ1n) is 6.37. The summed E-state index contributed by atoms with van der Waals surface area (Å²) in [6, 6.07) is 7.33. The van der Waals surface area contributed by atoms with E-state index in [9.17, 15) is 4.79 Å². The maximum absolute atomic E-state index is 11.5. The largest absolute Gasteiger partial charge is 0.490 e. The van der Waals surface area contributed by atoms with Gasteiger partial charge in [-0.3, -0.25) is 4.79 Å². The minimum Gasteiger partial charge on any atom is -0.490 e. The second-order valence-corrected chi connectivity index (χ2v) is 4.45. The van der Waals surface area contributed by atoms with Crippen LogP contribution in [0.15, 0.2) is 24.3 Å². The van der Waals surface area contributed by atoms with Gasteiger partial charge in [-0.05, 0) is 18.1 Å². The van der Waals surface area contributed by atoms with E-state index in [1.54, 1.807) is 6.07 Å². The molecule has 0 aliphatic carbocycles. The van der Waals surface area contributed by atoms with Crippen LogP contribution in [0.3, 0.4) is 0 Å². The molecule has 0 aliphatic heterocycles. The standard InChI is InChI=1S/C14H22N2O2/c1-3-11(2)10-14(17)16-8-9-18-13-7-5-4-6-12(13)15/h4-7,11H,3,8-10,15H2,1-2H3,(H,16,17). The molecule has 4 nitrogen and oxygen atoms in total. The van der Waals surface area contributed by atoms with Crippen molar-refractivity contribution in [3.63, 3.8) is 0 Å². The van der Waals surface area contributed by atoms with E-state index >= 15 is 0 Å². The fourth-order valence-electron chi connectivity index (χ4n) is 1.50. The van der Waals surface area contributed by atoms with E-state index in [4.69, 9.17) is 10.5 Å². The Morgan fingerprint density at radius 1 is 1.44 bits per heavy atom. The van der Waals surface area contributed by atoms with Gasteiger partial charge in [0.25, 0.3) is 0 Å². The van der Waals surface area contributed by atoms with Crippen molar-refractivity contribution < 1.29 is 9.53 Å². The van der Waals surface area contributed by atoms with Crippen LogP contribution in [-0.4, -0.2) is 19.1 Å². The van der Waals surface area contributed by atoms with Crippen LogP contribution in [0, 0.1) is 5.92 Å². The number of nitrogens with one attached hydrogen (secondary N) is 1. The Labute approximate surface area is 109 Å². The van der Waals surface area contributed by atoms with Crippen molar-refractivity contribution in [1.29, 1.82) is 0 Å². The predicted octanol–water partition coefficient (Wildman–Crippen LogP) is 2.20. The lowest BCUT2D eigenvalue weighted by atomic mass is 10.1. The molecular formula is C14H22N2O2. The number of hydrogen-bond donors (Lipinski definition) is 2. The maximum atomic E-state index is 11.5. The van der Waals surface area contributed by atoms with Crippen LogP contribution in [0.25, 0.3) is 0 Å².